The van der Waals surface area contributed by atoms with Gasteiger partial charge >= 0.3 is 0 Å². The Kier molecular flexibility index (Phi) is 5.47. The number of methoxy groups -OCH3 is 1. The topological polar surface area (TPSA) is 78.7 Å². The van der Waals surface area contributed by atoms with E-state index < -0.39 is 4.92 Å². The summed E-state index contributed by atoms with van der Waals surface area (Å²) < 4.78 is 10.8. The minimum atomic E-state index is -0.466. The Morgan fingerprint density at radius 3 is 2.33 bits per heavy atom. The van der Waals surface area contributed by atoms with E-state index in [-0.39, 0.29) is 18.1 Å². The van der Waals surface area contributed by atoms with Crippen LogP contribution in [0.1, 0.15) is 10.4 Å². The molecule has 0 aliphatic rings. The van der Waals surface area contributed by atoms with E-state index in [9.17, 15) is 14.9 Å². The van der Waals surface area contributed by atoms with Gasteiger partial charge in [-0.05, 0) is 23.8 Å². The molecule has 0 fully saturated rings. The van der Waals surface area contributed by atoms with Crippen molar-refractivity contribution in [3.8, 4) is 22.6 Å². The summed E-state index contributed by atoms with van der Waals surface area (Å²) >= 11 is 0. The van der Waals surface area contributed by atoms with E-state index in [2.05, 4.69) is 0 Å². The highest BCUT2D eigenvalue weighted by Crippen LogP contribution is 2.34. The third kappa shape index (κ3) is 4.30. The molecule has 3 rings (SSSR count). The lowest BCUT2D eigenvalue weighted by atomic mass is 10.0. The second-order valence-corrected chi connectivity index (χ2v) is 5.74. The van der Waals surface area contributed by atoms with Crippen LogP contribution >= 0.6 is 0 Å². The second-order valence-electron chi connectivity index (χ2n) is 5.74. The first-order chi connectivity index (χ1) is 13.1. The van der Waals surface area contributed by atoms with Gasteiger partial charge in [-0.3, -0.25) is 14.9 Å². The van der Waals surface area contributed by atoms with Crippen LogP contribution in [0.15, 0.2) is 72.8 Å². The fourth-order valence-electron chi connectivity index (χ4n) is 2.60. The van der Waals surface area contributed by atoms with Gasteiger partial charge in [-0.1, -0.05) is 42.5 Å². The monoisotopic (exact) mass is 363 g/mol. The van der Waals surface area contributed by atoms with Crippen molar-refractivity contribution in [3.63, 3.8) is 0 Å². The normalized spacial score (nSPS) is 10.3. The van der Waals surface area contributed by atoms with Crippen LogP contribution in [-0.4, -0.2) is 24.4 Å². The molecule has 0 saturated carbocycles. The summed E-state index contributed by atoms with van der Waals surface area (Å²) in [4.78, 5) is 22.9. The summed E-state index contributed by atoms with van der Waals surface area (Å²) in [6.07, 6.45) is 0. The number of carbonyl (C=O) groups excluding carboxylic acids is 1. The van der Waals surface area contributed by atoms with Crippen LogP contribution < -0.4 is 9.47 Å². The van der Waals surface area contributed by atoms with E-state index in [0.717, 1.165) is 5.56 Å². The van der Waals surface area contributed by atoms with Crippen molar-refractivity contribution in [2.45, 2.75) is 0 Å². The van der Waals surface area contributed by atoms with Crippen LogP contribution in [0, 0.1) is 10.1 Å². The molecular weight excluding hydrogens is 346 g/mol. The van der Waals surface area contributed by atoms with Crippen molar-refractivity contribution in [1.82, 2.24) is 0 Å². The molecule has 3 aromatic carbocycles. The Morgan fingerprint density at radius 2 is 1.70 bits per heavy atom. The molecule has 0 atom stereocenters. The first-order valence-electron chi connectivity index (χ1n) is 8.22. The highest BCUT2D eigenvalue weighted by Gasteiger charge is 2.15. The molecule has 27 heavy (non-hydrogen) atoms. The average Bonchev–Trinajstić information content (AvgIpc) is 2.72. The van der Waals surface area contributed by atoms with Gasteiger partial charge in [-0.15, -0.1) is 0 Å². The summed E-state index contributed by atoms with van der Waals surface area (Å²) in [7, 11) is 1.56. The van der Waals surface area contributed by atoms with E-state index in [1.807, 2.05) is 6.07 Å². The van der Waals surface area contributed by atoms with E-state index in [1.54, 1.807) is 55.6 Å². The lowest BCUT2D eigenvalue weighted by Crippen LogP contribution is -2.12. The maximum Gasteiger partial charge on any atom is 0.270 e. The van der Waals surface area contributed by atoms with Crippen LogP contribution in [0.2, 0.25) is 0 Å². The van der Waals surface area contributed by atoms with Gasteiger partial charge in [0.1, 0.15) is 11.5 Å². The van der Waals surface area contributed by atoms with Crippen molar-refractivity contribution in [3.05, 3.63) is 88.5 Å². The number of nitrogens with zero attached hydrogens (tertiary/aromatic N) is 1. The fraction of sp³-hybridized carbons (Fsp3) is 0.0952. The number of ketones is 1. The predicted octanol–water partition coefficient (Wildman–Crippen LogP) is 4.53. The molecule has 0 bridgehead atoms. The Hall–Kier alpha value is -3.67. The van der Waals surface area contributed by atoms with Crippen molar-refractivity contribution >= 4 is 11.5 Å². The molecule has 0 aliphatic carbocycles. The van der Waals surface area contributed by atoms with Crippen LogP contribution in [0.3, 0.4) is 0 Å². The molecule has 0 spiro atoms. The van der Waals surface area contributed by atoms with Crippen molar-refractivity contribution in [2.75, 3.05) is 13.7 Å². The third-order valence-electron chi connectivity index (χ3n) is 4.03. The third-order valence-corrected chi connectivity index (χ3v) is 4.03. The second kappa shape index (κ2) is 8.14. The van der Waals surface area contributed by atoms with Crippen LogP contribution in [0.5, 0.6) is 11.5 Å². The van der Waals surface area contributed by atoms with Crippen molar-refractivity contribution in [1.29, 1.82) is 0 Å². The summed E-state index contributed by atoms with van der Waals surface area (Å²) in [5, 5.41) is 11.1. The fourth-order valence-corrected chi connectivity index (χ4v) is 2.60. The Labute approximate surface area is 156 Å². The average molecular weight is 363 g/mol. The molecule has 0 unspecified atom stereocenters. The lowest BCUT2D eigenvalue weighted by Gasteiger charge is -2.12. The molecule has 6 nitrogen and oxygen atoms in total. The molecule has 0 aliphatic heterocycles. The van der Waals surface area contributed by atoms with Gasteiger partial charge in [0, 0.05) is 23.3 Å². The number of nitro groups is 1. The summed E-state index contributed by atoms with van der Waals surface area (Å²) in [6, 6.07) is 20.2. The molecule has 0 heterocycles. The molecule has 136 valence electrons. The molecule has 0 saturated heterocycles. The molecule has 0 amide bonds. The van der Waals surface area contributed by atoms with Gasteiger partial charge < -0.3 is 9.47 Å². The van der Waals surface area contributed by atoms with Crippen LogP contribution in [0.25, 0.3) is 11.1 Å². The number of carbonyl (C=O) groups is 1. The number of benzene rings is 3. The number of hydrogen-bond acceptors (Lipinski definition) is 5. The SMILES string of the molecule is COc1ccc(-c2cc([N+](=O)[O-])ccc2OCC(=O)c2ccccc2)cc1. The minimum absolute atomic E-state index is 0.0532. The van der Waals surface area contributed by atoms with E-state index in [4.69, 9.17) is 9.47 Å². The van der Waals surface area contributed by atoms with Crippen LogP contribution in [-0.2, 0) is 0 Å². The largest absolute Gasteiger partial charge is 0.497 e. The van der Waals surface area contributed by atoms with Gasteiger partial charge in [-0.2, -0.15) is 0 Å². The standard InChI is InChI=1S/C21H17NO5/c1-26-18-10-7-15(8-11-18)19-13-17(22(24)25)9-12-21(19)27-14-20(23)16-5-3-2-4-6-16/h2-13H,14H2,1H3. The zero-order valence-electron chi connectivity index (χ0n) is 14.6. The Balaban J connectivity index is 1.89. The number of rotatable bonds is 7. The molecule has 0 radical (unpaired) electrons. The Morgan fingerprint density at radius 1 is 1.00 bits per heavy atom. The highest BCUT2D eigenvalue weighted by molar-refractivity contribution is 5.97. The summed E-state index contributed by atoms with van der Waals surface area (Å²) in [5.74, 6) is 0.899. The van der Waals surface area contributed by atoms with E-state index in [1.165, 1.54) is 18.2 Å². The summed E-state index contributed by atoms with van der Waals surface area (Å²) in [6.45, 7) is -0.162. The van der Waals surface area contributed by atoms with Gasteiger partial charge in [0.05, 0.1) is 12.0 Å². The van der Waals surface area contributed by atoms with E-state index >= 15 is 0 Å². The lowest BCUT2D eigenvalue weighted by molar-refractivity contribution is -0.384. The molecular formula is C21H17NO5. The molecule has 3 aromatic rings. The van der Waals surface area contributed by atoms with E-state index in [0.29, 0.717) is 22.6 Å². The molecule has 6 heteroatoms. The number of hydrogen-bond donors (Lipinski definition) is 0. The number of nitro benzene ring substituents is 1. The molecule has 0 aromatic heterocycles. The first kappa shape index (κ1) is 18.1. The first-order valence-corrected chi connectivity index (χ1v) is 8.22. The van der Waals surface area contributed by atoms with Crippen molar-refractivity contribution in [2.24, 2.45) is 0 Å². The number of Topliss-reactive ketones (excluding diaryl/α,β-unsaturated/α-hetero) is 1. The van der Waals surface area contributed by atoms with Gasteiger partial charge in [0.25, 0.3) is 5.69 Å². The predicted molar refractivity (Wildman–Crippen MR) is 101 cm³/mol. The zero-order chi connectivity index (χ0) is 19.2. The van der Waals surface area contributed by atoms with Gasteiger partial charge in [-0.25, -0.2) is 0 Å². The number of non-ortho nitro benzene ring substituents is 1. The Bertz CT molecular complexity index is 952. The zero-order valence-corrected chi connectivity index (χ0v) is 14.6. The minimum Gasteiger partial charge on any atom is -0.497 e. The van der Waals surface area contributed by atoms with Crippen molar-refractivity contribution < 1.29 is 19.2 Å². The van der Waals surface area contributed by atoms with Crippen LogP contribution in [0.4, 0.5) is 5.69 Å². The summed E-state index contributed by atoms with van der Waals surface area (Å²) in [5.41, 5.74) is 1.75. The van der Waals surface area contributed by atoms with Gasteiger partial charge in [0.2, 0.25) is 0 Å². The smallest absolute Gasteiger partial charge is 0.270 e. The maximum atomic E-state index is 12.3. The van der Waals surface area contributed by atoms with Gasteiger partial charge in [0.15, 0.2) is 12.4 Å². The maximum absolute atomic E-state index is 12.3. The highest BCUT2D eigenvalue weighted by atomic mass is 16.6. The number of ether oxygens (including phenoxy) is 2. The quantitative estimate of drug-likeness (QED) is 0.350. The molecule has 0 N–H and O–H groups in total.